The van der Waals surface area contributed by atoms with Gasteiger partial charge in [0.2, 0.25) is 5.91 Å². The van der Waals surface area contributed by atoms with Gasteiger partial charge < -0.3 is 10.6 Å². The van der Waals surface area contributed by atoms with Crippen molar-refractivity contribution in [1.29, 1.82) is 0 Å². The number of amides is 1. The smallest absolute Gasteiger partial charge is 0.234 e. The van der Waals surface area contributed by atoms with Gasteiger partial charge in [0, 0.05) is 36.4 Å². The van der Waals surface area contributed by atoms with Crippen LogP contribution in [0.5, 0.6) is 0 Å². The van der Waals surface area contributed by atoms with Crippen LogP contribution in [0.1, 0.15) is 6.42 Å². The van der Waals surface area contributed by atoms with E-state index in [1.165, 1.54) is 4.90 Å². The molecule has 0 radical (unpaired) electrons. The predicted molar refractivity (Wildman–Crippen MR) is 68.9 cm³/mol. The van der Waals surface area contributed by atoms with Crippen LogP contribution in [-0.2, 0) is 25.4 Å². The Kier molecular flexibility index (Phi) is 7.56. The molecule has 2 N–H and O–H groups in total. The van der Waals surface area contributed by atoms with Gasteiger partial charge in [-0.25, -0.2) is 8.42 Å². The molecule has 6 nitrogen and oxygen atoms in total. The summed E-state index contributed by atoms with van der Waals surface area (Å²) in [5, 5.41) is 0. The van der Waals surface area contributed by atoms with Crippen LogP contribution in [-0.4, -0.2) is 67.1 Å². The number of rotatable bonds is 8. The molecule has 8 heteroatoms. The van der Waals surface area contributed by atoms with E-state index in [0.717, 1.165) is 6.26 Å². The summed E-state index contributed by atoms with van der Waals surface area (Å²) in [5.41, 5.74) is 5.31. The van der Waals surface area contributed by atoms with Crippen LogP contribution in [0, 0.1) is 0 Å². The number of sulfone groups is 1. The Morgan fingerprint density at radius 1 is 1.41 bits per heavy atom. The van der Waals surface area contributed by atoms with Gasteiger partial charge in [0.15, 0.2) is 0 Å². The first-order chi connectivity index (χ1) is 7.76. The van der Waals surface area contributed by atoms with Crippen molar-refractivity contribution in [2.24, 2.45) is 5.73 Å². The molecular formula is C9H20N2O4S2. The number of nitrogens with two attached hydrogens (primary N) is 1. The van der Waals surface area contributed by atoms with Gasteiger partial charge in [-0.3, -0.25) is 9.00 Å². The zero-order chi connectivity index (χ0) is 13.5. The van der Waals surface area contributed by atoms with Gasteiger partial charge in [0.25, 0.3) is 0 Å². The molecule has 0 aliphatic heterocycles. The van der Waals surface area contributed by atoms with Gasteiger partial charge in [0.1, 0.15) is 15.6 Å². The third-order valence-electron chi connectivity index (χ3n) is 2.09. The summed E-state index contributed by atoms with van der Waals surface area (Å²) >= 11 is 0. The quantitative estimate of drug-likeness (QED) is 0.590. The van der Waals surface area contributed by atoms with Crippen molar-refractivity contribution in [1.82, 2.24) is 4.90 Å². The second-order valence-electron chi connectivity index (χ2n) is 3.88. The fourth-order valence-electron chi connectivity index (χ4n) is 1.02. The molecule has 0 saturated carbocycles. The molecule has 0 aliphatic carbocycles. The lowest BCUT2D eigenvalue weighted by Crippen LogP contribution is -2.33. The first kappa shape index (κ1) is 16.5. The summed E-state index contributed by atoms with van der Waals surface area (Å²) in [6.45, 7) is 1.02. The van der Waals surface area contributed by atoms with Gasteiger partial charge in [-0.1, -0.05) is 0 Å². The molecule has 0 bridgehead atoms. The third-order valence-corrected chi connectivity index (χ3v) is 4.52. The highest BCUT2D eigenvalue weighted by Crippen LogP contribution is 1.94. The standard InChI is InChI=1S/C9H20N2O4S2/c1-11(5-3-4-10)9(12)8-16(13)6-7-17(2,14)15/h3-8,10H2,1-2H3. The normalized spacial score (nSPS) is 13.4. The molecule has 0 rings (SSSR count). The molecule has 0 saturated heterocycles. The van der Waals surface area contributed by atoms with Crippen LogP contribution in [0.25, 0.3) is 0 Å². The summed E-state index contributed by atoms with van der Waals surface area (Å²) in [7, 11) is -2.93. The van der Waals surface area contributed by atoms with Crippen LogP contribution in [0.4, 0.5) is 0 Å². The Balaban J connectivity index is 3.99. The predicted octanol–water partition coefficient (Wildman–Crippen LogP) is -1.41. The largest absolute Gasteiger partial charge is 0.345 e. The number of nitrogens with zero attached hydrogens (tertiary/aromatic N) is 1. The molecule has 0 spiro atoms. The van der Waals surface area contributed by atoms with Crippen LogP contribution in [0.15, 0.2) is 0 Å². The van der Waals surface area contributed by atoms with Gasteiger partial charge in [-0.05, 0) is 13.0 Å². The average Bonchev–Trinajstić information content (AvgIpc) is 2.22. The summed E-state index contributed by atoms with van der Waals surface area (Å²) in [6, 6.07) is 0. The number of hydrogen-bond donors (Lipinski definition) is 1. The zero-order valence-electron chi connectivity index (χ0n) is 10.2. The van der Waals surface area contributed by atoms with Gasteiger partial charge in [-0.15, -0.1) is 0 Å². The van der Waals surface area contributed by atoms with Gasteiger partial charge >= 0.3 is 0 Å². The van der Waals surface area contributed by atoms with E-state index in [4.69, 9.17) is 5.73 Å². The van der Waals surface area contributed by atoms with E-state index in [9.17, 15) is 17.4 Å². The summed E-state index contributed by atoms with van der Waals surface area (Å²) in [6.07, 6.45) is 1.78. The highest BCUT2D eigenvalue weighted by Gasteiger charge is 2.14. The van der Waals surface area contributed by atoms with Crippen molar-refractivity contribution in [3.8, 4) is 0 Å². The Morgan fingerprint density at radius 2 is 2.00 bits per heavy atom. The van der Waals surface area contributed by atoms with E-state index in [-0.39, 0.29) is 23.2 Å². The molecule has 0 aromatic carbocycles. The SMILES string of the molecule is CN(CCCN)C(=O)CS(=O)CCS(C)(=O)=O. The molecule has 0 aromatic heterocycles. The molecule has 1 atom stereocenters. The minimum atomic E-state index is -3.12. The Labute approximate surface area is 105 Å². The molecule has 0 fully saturated rings. The topological polar surface area (TPSA) is 97.5 Å². The van der Waals surface area contributed by atoms with Crippen molar-refractivity contribution in [3.63, 3.8) is 0 Å². The average molecular weight is 284 g/mol. The molecule has 1 unspecified atom stereocenters. The van der Waals surface area contributed by atoms with Crippen molar-refractivity contribution in [2.75, 3.05) is 43.7 Å². The lowest BCUT2D eigenvalue weighted by atomic mass is 10.4. The molecular weight excluding hydrogens is 264 g/mol. The zero-order valence-corrected chi connectivity index (χ0v) is 11.8. The second-order valence-corrected chi connectivity index (χ2v) is 7.71. The highest BCUT2D eigenvalue weighted by atomic mass is 32.2. The second kappa shape index (κ2) is 7.78. The number of carbonyl (C=O) groups is 1. The van der Waals surface area contributed by atoms with Crippen molar-refractivity contribution in [3.05, 3.63) is 0 Å². The highest BCUT2D eigenvalue weighted by molar-refractivity contribution is 7.92. The van der Waals surface area contributed by atoms with E-state index < -0.39 is 20.6 Å². The van der Waals surface area contributed by atoms with Gasteiger partial charge in [-0.2, -0.15) is 0 Å². The fourth-order valence-corrected chi connectivity index (χ4v) is 3.61. The molecule has 0 heterocycles. The maximum Gasteiger partial charge on any atom is 0.234 e. The van der Waals surface area contributed by atoms with Crippen molar-refractivity contribution < 1.29 is 17.4 Å². The maximum absolute atomic E-state index is 11.5. The lowest BCUT2D eigenvalue weighted by molar-refractivity contribution is -0.127. The van der Waals surface area contributed by atoms with Crippen LogP contribution >= 0.6 is 0 Å². The van der Waals surface area contributed by atoms with Crippen LogP contribution in [0.2, 0.25) is 0 Å². The first-order valence-electron chi connectivity index (χ1n) is 5.23. The molecule has 17 heavy (non-hydrogen) atoms. The monoisotopic (exact) mass is 284 g/mol. The van der Waals surface area contributed by atoms with Gasteiger partial charge in [0.05, 0.1) is 5.75 Å². The van der Waals surface area contributed by atoms with E-state index in [2.05, 4.69) is 0 Å². The van der Waals surface area contributed by atoms with E-state index in [0.29, 0.717) is 19.5 Å². The summed E-state index contributed by atoms with van der Waals surface area (Å²) in [5.74, 6) is -0.518. The van der Waals surface area contributed by atoms with E-state index in [1.807, 2.05) is 0 Å². The molecule has 102 valence electrons. The molecule has 1 amide bonds. The lowest BCUT2D eigenvalue weighted by Gasteiger charge is -2.16. The first-order valence-corrected chi connectivity index (χ1v) is 8.78. The summed E-state index contributed by atoms with van der Waals surface area (Å²) < 4.78 is 33.2. The third kappa shape index (κ3) is 9.25. The minimum Gasteiger partial charge on any atom is -0.345 e. The van der Waals surface area contributed by atoms with Crippen molar-refractivity contribution >= 4 is 26.5 Å². The summed E-state index contributed by atoms with van der Waals surface area (Å²) in [4.78, 5) is 13.0. The van der Waals surface area contributed by atoms with Crippen molar-refractivity contribution in [2.45, 2.75) is 6.42 Å². The van der Waals surface area contributed by atoms with E-state index >= 15 is 0 Å². The Morgan fingerprint density at radius 3 is 2.47 bits per heavy atom. The van der Waals surface area contributed by atoms with Crippen LogP contribution in [0.3, 0.4) is 0 Å². The fraction of sp³-hybridized carbons (Fsp3) is 0.889. The number of carbonyl (C=O) groups excluding carboxylic acids is 1. The molecule has 0 aliphatic rings. The van der Waals surface area contributed by atoms with Crippen LogP contribution < -0.4 is 5.73 Å². The Hall–Kier alpha value is -0.470. The maximum atomic E-state index is 11.5. The Bertz CT molecular complexity index is 367. The minimum absolute atomic E-state index is 0.00923. The van der Waals surface area contributed by atoms with E-state index in [1.54, 1.807) is 7.05 Å². The molecule has 0 aromatic rings. The number of hydrogen-bond acceptors (Lipinski definition) is 5.